The highest BCUT2D eigenvalue weighted by Crippen LogP contribution is 2.22. The van der Waals surface area contributed by atoms with Gasteiger partial charge in [-0.3, -0.25) is 4.79 Å². The minimum Gasteiger partial charge on any atom is -0.466 e. The molecule has 0 fully saturated rings. The summed E-state index contributed by atoms with van der Waals surface area (Å²) in [6.45, 7) is 2.39. The van der Waals surface area contributed by atoms with Crippen molar-refractivity contribution in [2.24, 2.45) is 5.73 Å². The third-order valence-electron chi connectivity index (χ3n) is 2.23. The van der Waals surface area contributed by atoms with Crippen molar-refractivity contribution < 1.29 is 9.53 Å². The Hall–Kier alpha value is -1.38. The molecule has 90 valence electrons. The van der Waals surface area contributed by atoms with Crippen molar-refractivity contribution in [3.63, 3.8) is 0 Å². The van der Waals surface area contributed by atoms with Crippen LogP contribution in [-0.2, 0) is 22.5 Å². The summed E-state index contributed by atoms with van der Waals surface area (Å²) >= 11 is 3.34. The van der Waals surface area contributed by atoms with Gasteiger partial charge in [-0.1, -0.05) is 15.9 Å². The van der Waals surface area contributed by atoms with Gasteiger partial charge in [0, 0.05) is 11.0 Å². The maximum atomic E-state index is 11.3. The molecule has 0 aliphatic carbocycles. The van der Waals surface area contributed by atoms with Crippen LogP contribution in [0.1, 0.15) is 23.6 Å². The van der Waals surface area contributed by atoms with Crippen molar-refractivity contribution in [3.8, 4) is 6.07 Å². The van der Waals surface area contributed by atoms with Crippen molar-refractivity contribution in [3.05, 3.63) is 33.3 Å². The van der Waals surface area contributed by atoms with E-state index in [0.29, 0.717) is 12.2 Å². The number of nitrogens with two attached hydrogens (primary N) is 1. The zero-order chi connectivity index (χ0) is 12.8. The van der Waals surface area contributed by atoms with Gasteiger partial charge in [0.1, 0.15) is 0 Å². The summed E-state index contributed by atoms with van der Waals surface area (Å²) in [6.07, 6.45) is 0.159. The molecule has 0 unspecified atom stereocenters. The third kappa shape index (κ3) is 3.55. The van der Waals surface area contributed by atoms with Crippen LogP contribution in [0.2, 0.25) is 0 Å². The quantitative estimate of drug-likeness (QED) is 0.861. The van der Waals surface area contributed by atoms with Crippen LogP contribution in [0, 0.1) is 11.3 Å². The van der Waals surface area contributed by atoms with Crippen LogP contribution in [0.5, 0.6) is 0 Å². The standard InChI is InChI=1S/C12H13BrN2O2/c1-2-17-12(16)5-8-3-9(6-14)10(7-15)11(13)4-8/h3-4H,2,5,7,15H2,1H3. The number of hydrogen-bond donors (Lipinski definition) is 1. The van der Waals surface area contributed by atoms with Crippen LogP contribution in [0.15, 0.2) is 16.6 Å². The molecule has 0 atom stereocenters. The fourth-order valence-electron chi connectivity index (χ4n) is 1.48. The van der Waals surface area contributed by atoms with E-state index in [4.69, 9.17) is 15.7 Å². The zero-order valence-electron chi connectivity index (χ0n) is 9.50. The monoisotopic (exact) mass is 296 g/mol. The highest BCUT2D eigenvalue weighted by molar-refractivity contribution is 9.10. The number of carbonyl (C=O) groups is 1. The number of nitrogens with zero attached hydrogens (tertiary/aromatic N) is 1. The molecule has 1 aromatic rings. The second-order valence-corrected chi connectivity index (χ2v) is 4.26. The molecule has 5 heteroatoms. The molecule has 0 spiro atoms. The maximum Gasteiger partial charge on any atom is 0.310 e. The number of nitriles is 1. The molecular weight excluding hydrogens is 284 g/mol. The van der Waals surface area contributed by atoms with Gasteiger partial charge in [-0.15, -0.1) is 0 Å². The molecule has 1 rings (SSSR count). The predicted octanol–water partition coefficient (Wildman–Crippen LogP) is 1.89. The second-order valence-electron chi connectivity index (χ2n) is 3.40. The number of rotatable bonds is 4. The van der Waals surface area contributed by atoms with Crippen LogP contribution in [0.3, 0.4) is 0 Å². The van der Waals surface area contributed by atoms with Crippen molar-refractivity contribution in [2.45, 2.75) is 19.9 Å². The topological polar surface area (TPSA) is 76.1 Å². The van der Waals surface area contributed by atoms with Gasteiger partial charge in [0.05, 0.1) is 24.7 Å². The van der Waals surface area contributed by atoms with Crippen molar-refractivity contribution >= 4 is 21.9 Å². The summed E-state index contributed by atoms with van der Waals surface area (Å²) in [5, 5.41) is 8.99. The van der Waals surface area contributed by atoms with Gasteiger partial charge in [0.15, 0.2) is 0 Å². The van der Waals surface area contributed by atoms with Gasteiger partial charge in [-0.05, 0) is 30.2 Å². The first-order valence-corrected chi connectivity index (χ1v) is 5.98. The van der Waals surface area contributed by atoms with Gasteiger partial charge in [-0.2, -0.15) is 5.26 Å². The van der Waals surface area contributed by atoms with Crippen molar-refractivity contribution in [1.82, 2.24) is 0 Å². The Morgan fingerprint density at radius 3 is 2.82 bits per heavy atom. The lowest BCUT2D eigenvalue weighted by atomic mass is 10.0. The van der Waals surface area contributed by atoms with E-state index in [2.05, 4.69) is 22.0 Å². The van der Waals surface area contributed by atoms with Crippen LogP contribution >= 0.6 is 15.9 Å². The number of benzene rings is 1. The molecule has 0 aliphatic heterocycles. The fraction of sp³-hybridized carbons (Fsp3) is 0.333. The van der Waals surface area contributed by atoms with Crippen LogP contribution < -0.4 is 5.73 Å². The zero-order valence-corrected chi connectivity index (χ0v) is 11.1. The lowest BCUT2D eigenvalue weighted by molar-refractivity contribution is -0.142. The average molecular weight is 297 g/mol. The third-order valence-corrected chi connectivity index (χ3v) is 2.94. The highest BCUT2D eigenvalue weighted by atomic mass is 79.9. The summed E-state index contributed by atoms with van der Waals surface area (Å²) in [5.74, 6) is -0.302. The van der Waals surface area contributed by atoms with E-state index >= 15 is 0 Å². The lowest BCUT2D eigenvalue weighted by Gasteiger charge is -2.08. The number of ether oxygens (including phenoxy) is 1. The Balaban J connectivity index is 3.00. The predicted molar refractivity (Wildman–Crippen MR) is 67.1 cm³/mol. The molecule has 0 aliphatic rings. The molecule has 0 radical (unpaired) electrons. The van der Waals surface area contributed by atoms with Crippen LogP contribution in [0.4, 0.5) is 0 Å². The maximum absolute atomic E-state index is 11.3. The Bertz CT molecular complexity index is 466. The molecule has 4 nitrogen and oxygen atoms in total. The Kier molecular flexibility index (Phi) is 5.13. The van der Waals surface area contributed by atoms with E-state index in [1.807, 2.05) is 0 Å². The summed E-state index contributed by atoms with van der Waals surface area (Å²) < 4.78 is 5.60. The number of carbonyl (C=O) groups excluding carboxylic acids is 1. The van der Waals surface area contributed by atoms with Crippen molar-refractivity contribution in [2.75, 3.05) is 6.61 Å². The smallest absolute Gasteiger partial charge is 0.310 e. The minimum atomic E-state index is -0.302. The Labute approximate surface area is 108 Å². The Morgan fingerprint density at radius 2 is 2.29 bits per heavy atom. The van der Waals surface area contributed by atoms with Crippen LogP contribution in [0.25, 0.3) is 0 Å². The molecule has 0 amide bonds. The molecule has 0 saturated carbocycles. The second kappa shape index (κ2) is 6.38. The van der Waals surface area contributed by atoms with E-state index in [1.54, 1.807) is 19.1 Å². The molecule has 2 N–H and O–H groups in total. The van der Waals surface area contributed by atoms with Gasteiger partial charge in [-0.25, -0.2) is 0 Å². The fourth-order valence-corrected chi connectivity index (χ4v) is 2.15. The Morgan fingerprint density at radius 1 is 1.59 bits per heavy atom. The van der Waals surface area contributed by atoms with Crippen molar-refractivity contribution in [1.29, 1.82) is 5.26 Å². The largest absolute Gasteiger partial charge is 0.466 e. The molecule has 1 aromatic carbocycles. The van der Waals surface area contributed by atoms with Gasteiger partial charge < -0.3 is 10.5 Å². The summed E-state index contributed by atoms with van der Waals surface area (Å²) in [5.41, 5.74) is 7.53. The van der Waals surface area contributed by atoms with Gasteiger partial charge >= 0.3 is 5.97 Å². The van der Waals surface area contributed by atoms with Gasteiger partial charge in [0.2, 0.25) is 0 Å². The molecule has 17 heavy (non-hydrogen) atoms. The molecular formula is C12H13BrN2O2. The molecule has 0 saturated heterocycles. The molecule has 0 aromatic heterocycles. The minimum absolute atomic E-state index is 0.159. The van der Waals surface area contributed by atoms with Gasteiger partial charge in [0.25, 0.3) is 0 Å². The van der Waals surface area contributed by atoms with E-state index < -0.39 is 0 Å². The highest BCUT2D eigenvalue weighted by Gasteiger charge is 2.10. The number of hydrogen-bond acceptors (Lipinski definition) is 4. The summed E-state index contributed by atoms with van der Waals surface area (Å²) in [7, 11) is 0. The average Bonchev–Trinajstić information content (AvgIpc) is 2.28. The van der Waals surface area contributed by atoms with E-state index in [1.165, 1.54) is 0 Å². The lowest BCUT2D eigenvalue weighted by Crippen LogP contribution is -2.09. The number of halogens is 1. The first-order valence-electron chi connectivity index (χ1n) is 5.19. The summed E-state index contributed by atoms with van der Waals surface area (Å²) in [4.78, 5) is 11.3. The molecule has 0 bridgehead atoms. The van der Waals surface area contributed by atoms with E-state index in [0.717, 1.165) is 15.6 Å². The van der Waals surface area contributed by atoms with E-state index in [-0.39, 0.29) is 18.9 Å². The molecule has 0 heterocycles. The van der Waals surface area contributed by atoms with Crippen LogP contribution in [-0.4, -0.2) is 12.6 Å². The summed E-state index contributed by atoms with van der Waals surface area (Å²) in [6, 6.07) is 5.53. The SMILES string of the molecule is CCOC(=O)Cc1cc(Br)c(CN)c(C#N)c1. The normalized spacial score (nSPS) is 9.76. The first kappa shape index (κ1) is 13.7. The first-order chi connectivity index (χ1) is 8.12. The van der Waals surface area contributed by atoms with E-state index in [9.17, 15) is 4.79 Å². The number of esters is 1.